The number of amides is 2. The average Bonchev–Trinajstić information content (AvgIpc) is 3.24. The monoisotopic (exact) mass is 480 g/mol. The summed E-state index contributed by atoms with van der Waals surface area (Å²) in [5.41, 5.74) is 5.57. The number of hydrogen-bond acceptors (Lipinski definition) is 7. The maximum absolute atomic E-state index is 13.2. The fourth-order valence-electron chi connectivity index (χ4n) is 5.55. The van der Waals surface area contributed by atoms with E-state index in [1.54, 1.807) is 22.8 Å². The summed E-state index contributed by atoms with van der Waals surface area (Å²) < 4.78 is -1.12. The first kappa shape index (κ1) is 23.8. The number of carbonyl (C=O) groups is 3. The third-order valence-corrected chi connectivity index (χ3v) is 9.03. The largest absolute Gasteiger partial charge is 0.477 e. The number of carboxylic acids is 1. The highest BCUT2D eigenvalue weighted by Crippen LogP contribution is 2.55. The molecule has 3 saturated heterocycles. The number of rotatable bonds is 5. The van der Waals surface area contributed by atoms with E-state index in [1.165, 1.54) is 16.7 Å². The fraction of sp³-hybridized carbons (Fsp3) is 0.714. The lowest BCUT2D eigenvalue weighted by atomic mass is 9.78. The molecule has 0 saturated carbocycles. The second-order valence-corrected chi connectivity index (χ2v) is 10.9. The van der Waals surface area contributed by atoms with Crippen molar-refractivity contribution in [2.75, 3.05) is 32.7 Å². The molecule has 4 aliphatic heterocycles. The molecule has 0 aromatic carbocycles. The number of fused-ring (bicyclic) bond motifs is 1. The molecule has 4 heterocycles. The number of carboxylic acid groups (broad SMARTS) is 1. The van der Waals surface area contributed by atoms with Crippen molar-refractivity contribution in [3.05, 3.63) is 11.8 Å². The number of nitrogens with two attached hydrogens (primary N) is 1. The highest BCUT2D eigenvalue weighted by molar-refractivity contribution is 8.02. The number of nitrogens with one attached hydrogen (secondary N) is 2. The van der Waals surface area contributed by atoms with Crippen LogP contribution in [-0.2, 0) is 14.4 Å². The van der Waals surface area contributed by atoms with Gasteiger partial charge in [-0.15, -0.1) is 11.8 Å². The molecule has 2 amide bonds. The first-order valence-electron chi connectivity index (χ1n) is 11.3. The van der Waals surface area contributed by atoms with Gasteiger partial charge in [0.2, 0.25) is 11.8 Å². The molecule has 33 heavy (non-hydrogen) atoms. The average molecular weight is 481 g/mol. The maximum Gasteiger partial charge on any atom is 0.352 e. The Kier molecular flexibility index (Phi) is 6.36. The number of thioether (sulfide) groups is 1. The lowest BCUT2D eigenvalue weighted by Gasteiger charge is -2.56. The molecule has 182 valence electrons. The van der Waals surface area contributed by atoms with Gasteiger partial charge in [-0.25, -0.2) is 4.79 Å². The van der Waals surface area contributed by atoms with Crippen molar-refractivity contribution in [2.24, 2.45) is 11.7 Å². The molecule has 12 heteroatoms. The van der Waals surface area contributed by atoms with Crippen LogP contribution in [0, 0.1) is 11.3 Å². The van der Waals surface area contributed by atoms with Gasteiger partial charge in [0.15, 0.2) is 5.96 Å². The zero-order valence-corrected chi connectivity index (χ0v) is 19.7. The summed E-state index contributed by atoms with van der Waals surface area (Å²) in [5, 5.41) is 30.9. The number of aliphatic carboxylic acids is 1. The Labute approximate surface area is 196 Å². The summed E-state index contributed by atoms with van der Waals surface area (Å²) in [4.78, 5) is 42.7. The number of hydrogen-bond donors (Lipinski definition) is 5. The number of aliphatic hydroxyl groups is 1. The van der Waals surface area contributed by atoms with Crippen LogP contribution in [-0.4, -0.2) is 110 Å². The minimum Gasteiger partial charge on any atom is -0.477 e. The Morgan fingerprint density at radius 1 is 1.30 bits per heavy atom. The van der Waals surface area contributed by atoms with Crippen molar-refractivity contribution >= 4 is 35.5 Å². The summed E-state index contributed by atoms with van der Waals surface area (Å²) in [7, 11) is 0. The van der Waals surface area contributed by atoms with Crippen molar-refractivity contribution in [2.45, 2.75) is 54.9 Å². The van der Waals surface area contributed by atoms with Crippen LogP contribution in [0.5, 0.6) is 0 Å². The van der Waals surface area contributed by atoms with Gasteiger partial charge in [-0.3, -0.25) is 19.9 Å². The number of nitrogens with zero attached hydrogens (tertiary/aromatic N) is 3. The zero-order chi connectivity index (χ0) is 24.1. The van der Waals surface area contributed by atoms with E-state index in [0.717, 1.165) is 6.42 Å². The van der Waals surface area contributed by atoms with E-state index >= 15 is 0 Å². The summed E-state index contributed by atoms with van der Waals surface area (Å²) in [6.45, 7) is 6.25. The molecule has 5 unspecified atom stereocenters. The molecule has 6 atom stereocenters. The van der Waals surface area contributed by atoms with E-state index < -0.39 is 22.9 Å². The molecular weight excluding hydrogens is 448 g/mol. The molecule has 11 nitrogen and oxygen atoms in total. The van der Waals surface area contributed by atoms with Crippen molar-refractivity contribution < 1.29 is 24.6 Å². The number of guanidine groups is 1. The van der Waals surface area contributed by atoms with Crippen LogP contribution in [0.4, 0.5) is 0 Å². The van der Waals surface area contributed by atoms with Gasteiger partial charge in [0, 0.05) is 38.0 Å². The molecule has 4 rings (SSSR count). The lowest BCUT2D eigenvalue weighted by Crippen LogP contribution is -2.76. The van der Waals surface area contributed by atoms with E-state index in [-0.39, 0.29) is 40.7 Å². The van der Waals surface area contributed by atoms with Crippen molar-refractivity contribution in [1.29, 1.82) is 5.41 Å². The molecule has 4 aliphatic rings. The van der Waals surface area contributed by atoms with Crippen LogP contribution in [0.2, 0.25) is 0 Å². The van der Waals surface area contributed by atoms with Gasteiger partial charge in [-0.2, -0.15) is 0 Å². The van der Waals surface area contributed by atoms with Crippen LogP contribution >= 0.6 is 11.8 Å². The topological polar surface area (TPSA) is 163 Å². The first-order valence-corrected chi connectivity index (χ1v) is 12.2. The molecule has 3 fully saturated rings. The predicted octanol–water partition coefficient (Wildman–Crippen LogP) is -1.17. The Morgan fingerprint density at radius 3 is 2.61 bits per heavy atom. The van der Waals surface area contributed by atoms with E-state index in [2.05, 4.69) is 5.32 Å². The Bertz CT molecular complexity index is 896. The standard InChI is InChI=1S/C21H32N6O5S/c1-11-8-15(18(30)31)27-16(11)21(12(2)28,19(27)32)33-13-9-14(24-10-13)17(29)25-4-3-5-26(7-6-25)20(22)23/h8,11-14,16,24,28H,3-7,9-10H2,1-2H3,(H3,22,23)(H,30,31)/t11?,12?,13?,14?,16-,21?/m0/s1. The summed E-state index contributed by atoms with van der Waals surface area (Å²) in [6, 6.07) is -0.795. The molecule has 6 N–H and O–H groups in total. The highest BCUT2D eigenvalue weighted by atomic mass is 32.2. The predicted molar refractivity (Wildman–Crippen MR) is 122 cm³/mol. The van der Waals surface area contributed by atoms with Gasteiger partial charge in [-0.1, -0.05) is 6.92 Å². The third-order valence-electron chi connectivity index (χ3n) is 7.19. The van der Waals surface area contributed by atoms with Gasteiger partial charge in [0.1, 0.15) is 10.4 Å². The molecule has 0 radical (unpaired) electrons. The van der Waals surface area contributed by atoms with Gasteiger partial charge in [0.05, 0.1) is 18.2 Å². The quantitative estimate of drug-likeness (QED) is 0.185. The van der Waals surface area contributed by atoms with Gasteiger partial charge in [-0.05, 0) is 31.8 Å². The normalized spacial score (nSPS) is 34.9. The Balaban J connectivity index is 1.41. The number of β-lactam (4-membered cyclic amide) rings is 1. The van der Waals surface area contributed by atoms with Crippen LogP contribution in [0.1, 0.15) is 26.7 Å². The third kappa shape index (κ3) is 3.87. The van der Waals surface area contributed by atoms with Gasteiger partial charge >= 0.3 is 5.97 Å². The second-order valence-electron chi connectivity index (χ2n) is 9.29. The summed E-state index contributed by atoms with van der Waals surface area (Å²) in [6.07, 6.45) is 1.89. The van der Waals surface area contributed by atoms with E-state index in [0.29, 0.717) is 39.1 Å². The van der Waals surface area contributed by atoms with Gasteiger partial charge < -0.3 is 31.1 Å². The molecule has 0 aromatic heterocycles. The molecule has 0 bridgehead atoms. The number of aliphatic hydroxyl groups excluding tert-OH is 1. The van der Waals surface area contributed by atoms with Crippen LogP contribution < -0.4 is 11.1 Å². The minimum atomic E-state index is -1.14. The van der Waals surface area contributed by atoms with E-state index in [9.17, 15) is 24.6 Å². The molecule has 0 spiro atoms. The summed E-state index contributed by atoms with van der Waals surface area (Å²) in [5.74, 6) is -1.69. The summed E-state index contributed by atoms with van der Waals surface area (Å²) >= 11 is 1.37. The molecular formula is C21H32N6O5S. The minimum absolute atomic E-state index is 0.000209. The SMILES string of the molecule is CC1C=C(C(=O)O)N2C(=O)C(SC3CNC(C(=O)N4CCCN(C(=N)N)CC4)C3)(C(C)O)[C@H]12. The first-order chi connectivity index (χ1) is 15.6. The second kappa shape index (κ2) is 8.80. The van der Waals surface area contributed by atoms with Crippen LogP contribution in [0.15, 0.2) is 11.8 Å². The van der Waals surface area contributed by atoms with E-state index in [4.69, 9.17) is 11.1 Å². The Hall–Kier alpha value is -2.31. The maximum atomic E-state index is 13.2. The lowest BCUT2D eigenvalue weighted by molar-refractivity contribution is -0.158. The molecule has 0 aliphatic carbocycles. The highest BCUT2D eigenvalue weighted by Gasteiger charge is 2.69. The van der Waals surface area contributed by atoms with Crippen LogP contribution in [0.25, 0.3) is 0 Å². The van der Waals surface area contributed by atoms with Crippen molar-refractivity contribution in [1.82, 2.24) is 20.0 Å². The van der Waals surface area contributed by atoms with Crippen molar-refractivity contribution in [3.8, 4) is 0 Å². The number of carbonyl (C=O) groups excluding carboxylic acids is 2. The molecule has 0 aromatic rings. The van der Waals surface area contributed by atoms with E-state index in [1.807, 2.05) is 6.92 Å². The van der Waals surface area contributed by atoms with Crippen molar-refractivity contribution in [3.63, 3.8) is 0 Å². The fourth-order valence-corrected chi connectivity index (χ4v) is 7.42. The smallest absolute Gasteiger partial charge is 0.352 e. The zero-order valence-electron chi connectivity index (χ0n) is 18.9. The van der Waals surface area contributed by atoms with Gasteiger partial charge in [0.25, 0.3) is 0 Å². The Morgan fingerprint density at radius 2 is 1.97 bits per heavy atom. The van der Waals surface area contributed by atoms with Crippen LogP contribution in [0.3, 0.4) is 0 Å².